The van der Waals surface area contributed by atoms with Gasteiger partial charge in [-0.1, -0.05) is 18.2 Å². The highest BCUT2D eigenvalue weighted by atomic mass is 16.6. The SMILES string of the molecule is Cn1cnc2ccc(COc3cccc(C4=CCN(C(=O)OC(C)(C)C)CC4)n3)cc21. The molecule has 0 spiro atoms. The monoisotopic (exact) mass is 420 g/mol. The van der Waals surface area contributed by atoms with E-state index < -0.39 is 5.60 Å². The molecule has 1 aliphatic heterocycles. The van der Waals surface area contributed by atoms with Crippen molar-refractivity contribution in [1.29, 1.82) is 0 Å². The van der Waals surface area contributed by atoms with Gasteiger partial charge < -0.3 is 18.9 Å². The van der Waals surface area contributed by atoms with Gasteiger partial charge in [0.05, 0.1) is 23.1 Å². The summed E-state index contributed by atoms with van der Waals surface area (Å²) in [6.45, 7) is 7.18. The minimum atomic E-state index is -0.491. The molecule has 7 nitrogen and oxygen atoms in total. The lowest BCUT2D eigenvalue weighted by Crippen LogP contribution is -2.39. The largest absolute Gasteiger partial charge is 0.473 e. The number of ether oxygens (including phenoxy) is 2. The molecule has 0 saturated heterocycles. The fourth-order valence-corrected chi connectivity index (χ4v) is 3.49. The summed E-state index contributed by atoms with van der Waals surface area (Å²) < 4.78 is 13.4. The molecule has 1 aliphatic rings. The van der Waals surface area contributed by atoms with Crippen molar-refractivity contribution in [2.45, 2.75) is 39.4 Å². The maximum absolute atomic E-state index is 12.2. The number of amides is 1. The van der Waals surface area contributed by atoms with E-state index in [4.69, 9.17) is 9.47 Å². The summed E-state index contributed by atoms with van der Waals surface area (Å²) in [4.78, 5) is 23.0. The van der Waals surface area contributed by atoms with Gasteiger partial charge in [-0.05, 0) is 56.5 Å². The van der Waals surface area contributed by atoms with Gasteiger partial charge in [0, 0.05) is 26.2 Å². The summed E-state index contributed by atoms with van der Waals surface area (Å²) in [5, 5.41) is 0. The van der Waals surface area contributed by atoms with Crippen LogP contribution < -0.4 is 4.74 Å². The van der Waals surface area contributed by atoms with Gasteiger partial charge in [0.1, 0.15) is 12.2 Å². The van der Waals surface area contributed by atoms with E-state index in [0.29, 0.717) is 25.6 Å². The van der Waals surface area contributed by atoms with Gasteiger partial charge in [-0.15, -0.1) is 0 Å². The van der Waals surface area contributed by atoms with E-state index in [1.807, 2.05) is 75.1 Å². The van der Waals surface area contributed by atoms with E-state index in [2.05, 4.69) is 16.0 Å². The average molecular weight is 421 g/mol. The number of hydrogen-bond acceptors (Lipinski definition) is 5. The number of fused-ring (bicyclic) bond motifs is 1. The third kappa shape index (κ3) is 5.05. The van der Waals surface area contributed by atoms with Crippen molar-refractivity contribution in [3.05, 3.63) is 60.1 Å². The summed E-state index contributed by atoms with van der Waals surface area (Å²) in [5.74, 6) is 0.582. The zero-order chi connectivity index (χ0) is 22.0. The fraction of sp³-hybridized carbons (Fsp3) is 0.375. The highest BCUT2D eigenvalue weighted by molar-refractivity contribution is 5.76. The van der Waals surface area contributed by atoms with E-state index in [1.54, 1.807) is 4.90 Å². The molecule has 0 N–H and O–H groups in total. The molecule has 2 aromatic heterocycles. The van der Waals surface area contributed by atoms with Gasteiger partial charge in [0.15, 0.2) is 0 Å². The highest BCUT2D eigenvalue weighted by Crippen LogP contribution is 2.24. The first kappa shape index (κ1) is 20.9. The molecule has 7 heteroatoms. The zero-order valence-corrected chi connectivity index (χ0v) is 18.5. The average Bonchev–Trinajstić information content (AvgIpc) is 3.12. The molecule has 4 rings (SSSR count). The van der Waals surface area contributed by atoms with Crippen molar-refractivity contribution in [3.8, 4) is 5.88 Å². The number of carbonyl (C=O) groups excluding carboxylic acids is 1. The minimum absolute atomic E-state index is 0.279. The van der Waals surface area contributed by atoms with Crippen LogP contribution in [0.15, 0.2) is 48.8 Å². The Morgan fingerprint density at radius 2 is 2.03 bits per heavy atom. The van der Waals surface area contributed by atoms with Crippen molar-refractivity contribution >= 4 is 22.7 Å². The minimum Gasteiger partial charge on any atom is -0.473 e. The first-order valence-electron chi connectivity index (χ1n) is 10.5. The molecule has 0 radical (unpaired) electrons. The van der Waals surface area contributed by atoms with E-state index in [0.717, 1.165) is 34.3 Å². The highest BCUT2D eigenvalue weighted by Gasteiger charge is 2.24. The quantitative estimate of drug-likeness (QED) is 0.618. The van der Waals surface area contributed by atoms with Gasteiger partial charge in [-0.3, -0.25) is 0 Å². The molecular weight excluding hydrogens is 392 g/mol. The number of carbonyl (C=O) groups is 1. The van der Waals surface area contributed by atoms with Crippen LogP contribution in [0.1, 0.15) is 38.4 Å². The Balaban J connectivity index is 1.40. The third-order valence-electron chi connectivity index (χ3n) is 5.09. The second-order valence-electron chi connectivity index (χ2n) is 8.73. The smallest absolute Gasteiger partial charge is 0.410 e. The number of rotatable bonds is 4. The van der Waals surface area contributed by atoms with Crippen LogP contribution in [0.3, 0.4) is 0 Å². The molecule has 0 fully saturated rings. The van der Waals surface area contributed by atoms with Crippen LogP contribution in [0.25, 0.3) is 16.6 Å². The lowest BCUT2D eigenvalue weighted by Gasteiger charge is -2.29. The number of nitrogens with zero attached hydrogens (tertiary/aromatic N) is 4. The molecule has 0 unspecified atom stereocenters. The zero-order valence-electron chi connectivity index (χ0n) is 18.5. The number of hydrogen-bond donors (Lipinski definition) is 0. The standard InChI is InChI=1S/C24H28N4O3/c1-24(2,3)31-23(29)28-12-10-18(11-13-28)19-6-5-7-22(26-19)30-15-17-8-9-20-21(14-17)27(4)16-25-20/h5-10,14,16H,11-13,15H2,1-4H3. The second kappa shape index (κ2) is 8.41. The van der Waals surface area contributed by atoms with Gasteiger partial charge in [0.25, 0.3) is 0 Å². The topological polar surface area (TPSA) is 69.5 Å². The summed E-state index contributed by atoms with van der Waals surface area (Å²) >= 11 is 0. The van der Waals surface area contributed by atoms with Crippen LogP contribution in [0.5, 0.6) is 5.88 Å². The van der Waals surface area contributed by atoms with Crippen LogP contribution in [-0.4, -0.2) is 44.2 Å². The van der Waals surface area contributed by atoms with E-state index in [1.165, 1.54) is 0 Å². The Morgan fingerprint density at radius 3 is 2.77 bits per heavy atom. The number of aromatic nitrogens is 3. The Labute approximate surface area is 182 Å². The van der Waals surface area contributed by atoms with Gasteiger partial charge in [-0.2, -0.15) is 0 Å². The van der Waals surface area contributed by atoms with Crippen molar-refractivity contribution in [1.82, 2.24) is 19.4 Å². The molecule has 0 aliphatic carbocycles. The lowest BCUT2D eigenvalue weighted by molar-refractivity contribution is 0.0270. The lowest BCUT2D eigenvalue weighted by atomic mass is 10.0. The molecule has 0 bridgehead atoms. The van der Waals surface area contributed by atoms with Gasteiger partial charge >= 0.3 is 6.09 Å². The molecule has 0 saturated carbocycles. The summed E-state index contributed by atoms with van der Waals surface area (Å²) in [7, 11) is 1.98. The van der Waals surface area contributed by atoms with E-state index in [-0.39, 0.29) is 6.09 Å². The van der Waals surface area contributed by atoms with Crippen LogP contribution in [0.4, 0.5) is 4.79 Å². The van der Waals surface area contributed by atoms with Crippen molar-refractivity contribution in [2.24, 2.45) is 7.05 Å². The predicted molar refractivity (Wildman–Crippen MR) is 120 cm³/mol. The maximum Gasteiger partial charge on any atom is 0.410 e. The third-order valence-corrected chi connectivity index (χ3v) is 5.09. The van der Waals surface area contributed by atoms with E-state index in [9.17, 15) is 4.79 Å². The molecule has 31 heavy (non-hydrogen) atoms. The van der Waals surface area contributed by atoms with Gasteiger partial charge in [-0.25, -0.2) is 14.8 Å². The second-order valence-corrected chi connectivity index (χ2v) is 8.73. The van der Waals surface area contributed by atoms with Gasteiger partial charge in [0.2, 0.25) is 5.88 Å². The van der Waals surface area contributed by atoms with Crippen LogP contribution in [0.2, 0.25) is 0 Å². The molecule has 3 heterocycles. The Hall–Kier alpha value is -3.35. The Kier molecular flexibility index (Phi) is 5.67. The Bertz CT molecular complexity index is 1130. The number of benzene rings is 1. The molecule has 1 aromatic carbocycles. The predicted octanol–water partition coefficient (Wildman–Crippen LogP) is 4.57. The normalized spacial score (nSPS) is 14.5. The summed E-state index contributed by atoms with van der Waals surface area (Å²) in [6.07, 6.45) is 4.29. The molecule has 162 valence electrons. The first-order chi connectivity index (χ1) is 14.8. The van der Waals surface area contributed by atoms with Crippen molar-refractivity contribution < 1.29 is 14.3 Å². The fourth-order valence-electron chi connectivity index (χ4n) is 3.49. The van der Waals surface area contributed by atoms with E-state index >= 15 is 0 Å². The molecule has 0 atom stereocenters. The number of imidazole rings is 1. The molecule has 1 amide bonds. The summed E-state index contributed by atoms with van der Waals surface area (Å²) in [6, 6.07) is 11.9. The van der Waals surface area contributed by atoms with Crippen LogP contribution >= 0.6 is 0 Å². The number of pyridine rings is 1. The molecule has 3 aromatic rings. The van der Waals surface area contributed by atoms with Crippen LogP contribution in [0, 0.1) is 0 Å². The molecular formula is C24H28N4O3. The maximum atomic E-state index is 12.2. The first-order valence-corrected chi connectivity index (χ1v) is 10.5. The summed E-state index contributed by atoms with van der Waals surface area (Å²) in [5.41, 5.74) is 4.61. The Morgan fingerprint density at radius 1 is 1.19 bits per heavy atom. The van der Waals surface area contributed by atoms with Crippen LogP contribution in [-0.2, 0) is 18.4 Å². The number of aryl methyl sites for hydroxylation is 1. The van der Waals surface area contributed by atoms with Crippen molar-refractivity contribution in [3.63, 3.8) is 0 Å². The van der Waals surface area contributed by atoms with Crippen molar-refractivity contribution in [2.75, 3.05) is 13.1 Å².